The first kappa shape index (κ1) is 14.8. The minimum atomic E-state index is -0.313. The van der Waals surface area contributed by atoms with Crippen molar-refractivity contribution in [1.82, 2.24) is 4.98 Å². The summed E-state index contributed by atoms with van der Waals surface area (Å²) in [6.07, 6.45) is 0. The zero-order valence-electron chi connectivity index (χ0n) is 11.3. The number of hydrogen-bond donors (Lipinski definition) is 0. The quantitative estimate of drug-likeness (QED) is 0.771. The topological polar surface area (TPSA) is 31.4 Å². The third kappa shape index (κ3) is 3.93. The lowest BCUT2D eigenvalue weighted by molar-refractivity contribution is 0.298. The standard InChI is InChI=1S/C15H15BrFNO2/c1-10-3-14(19-2)7-13(18-10)9-20-15-5-11(8-16)4-12(17)6-15/h3-7H,8-9H2,1-2H3. The molecule has 20 heavy (non-hydrogen) atoms. The summed E-state index contributed by atoms with van der Waals surface area (Å²) in [6.45, 7) is 2.15. The number of aromatic nitrogens is 1. The van der Waals surface area contributed by atoms with Crippen molar-refractivity contribution in [2.24, 2.45) is 0 Å². The molecule has 1 heterocycles. The first-order valence-corrected chi connectivity index (χ1v) is 7.22. The van der Waals surface area contributed by atoms with Crippen LogP contribution >= 0.6 is 15.9 Å². The smallest absolute Gasteiger partial charge is 0.130 e. The Bertz CT molecular complexity index is 551. The minimum Gasteiger partial charge on any atom is -0.497 e. The highest BCUT2D eigenvalue weighted by Crippen LogP contribution is 2.20. The molecule has 0 amide bonds. The molecular weight excluding hydrogens is 325 g/mol. The average molecular weight is 340 g/mol. The Labute approximate surface area is 125 Å². The summed E-state index contributed by atoms with van der Waals surface area (Å²) in [5.41, 5.74) is 2.42. The van der Waals surface area contributed by atoms with Gasteiger partial charge >= 0.3 is 0 Å². The van der Waals surface area contributed by atoms with E-state index in [0.29, 0.717) is 11.1 Å². The summed E-state index contributed by atoms with van der Waals surface area (Å²) in [7, 11) is 1.61. The zero-order chi connectivity index (χ0) is 14.5. The molecule has 2 aromatic rings. The van der Waals surface area contributed by atoms with E-state index in [4.69, 9.17) is 9.47 Å². The van der Waals surface area contributed by atoms with Crippen LogP contribution in [0.2, 0.25) is 0 Å². The fourth-order valence-electron chi connectivity index (χ4n) is 1.83. The van der Waals surface area contributed by atoms with Crippen molar-refractivity contribution in [2.75, 3.05) is 7.11 Å². The second-order valence-corrected chi connectivity index (χ2v) is 4.92. The van der Waals surface area contributed by atoms with E-state index in [2.05, 4.69) is 20.9 Å². The number of hydrogen-bond acceptors (Lipinski definition) is 3. The number of rotatable bonds is 5. The maximum atomic E-state index is 13.4. The molecule has 0 aliphatic rings. The first-order chi connectivity index (χ1) is 9.60. The number of nitrogens with zero attached hydrogens (tertiary/aromatic N) is 1. The molecule has 0 saturated carbocycles. The zero-order valence-corrected chi connectivity index (χ0v) is 12.9. The van der Waals surface area contributed by atoms with Gasteiger partial charge in [0, 0.05) is 29.2 Å². The van der Waals surface area contributed by atoms with E-state index in [1.54, 1.807) is 19.2 Å². The molecule has 0 atom stereocenters. The van der Waals surface area contributed by atoms with Gasteiger partial charge in [-0.1, -0.05) is 15.9 Å². The normalized spacial score (nSPS) is 10.4. The lowest BCUT2D eigenvalue weighted by Gasteiger charge is -2.09. The van der Waals surface area contributed by atoms with Gasteiger partial charge < -0.3 is 9.47 Å². The molecule has 106 valence electrons. The predicted octanol–water partition coefficient (Wildman–Crippen LogP) is 4.01. The van der Waals surface area contributed by atoms with E-state index in [1.807, 2.05) is 13.0 Å². The summed E-state index contributed by atoms with van der Waals surface area (Å²) in [6, 6.07) is 8.27. The molecule has 0 N–H and O–H groups in total. The van der Waals surface area contributed by atoms with E-state index in [9.17, 15) is 4.39 Å². The van der Waals surface area contributed by atoms with Gasteiger partial charge in [-0.15, -0.1) is 0 Å². The molecule has 0 aliphatic carbocycles. The van der Waals surface area contributed by atoms with Crippen LogP contribution in [-0.2, 0) is 11.9 Å². The summed E-state index contributed by atoms with van der Waals surface area (Å²) in [4.78, 5) is 4.35. The molecule has 0 spiro atoms. The summed E-state index contributed by atoms with van der Waals surface area (Å²) in [5.74, 6) is 0.907. The lowest BCUT2D eigenvalue weighted by atomic mass is 10.2. The van der Waals surface area contributed by atoms with Crippen LogP contribution in [0.25, 0.3) is 0 Å². The number of ether oxygens (including phenoxy) is 2. The molecular formula is C15H15BrFNO2. The number of alkyl halides is 1. The third-order valence-corrected chi connectivity index (χ3v) is 3.34. The second kappa shape index (κ2) is 6.70. The van der Waals surface area contributed by atoms with Gasteiger partial charge in [-0.2, -0.15) is 0 Å². The van der Waals surface area contributed by atoms with E-state index in [-0.39, 0.29) is 12.4 Å². The van der Waals surface area contributed by atoms with Crippen molar-refractivity contribution in [2.45, 2.75) is 18.9 Å². The third-order valence-electron chi connectivity index (χ3n) is 2.69. The van der Waals surface area contributed by atoms with Gasteiger partial charge in [0.2, 0.25) is 0 Å². The van der Waals surface area contributed by atoms with Gasteiger partial charge in [0.05, 0.1) is 12.8 Å². The molecule has 2 rings (SSSR count). The highest BCUT2D eigenvalue weighted by atomic mass is 79.9. The monoisotopic (exact) mass is 339 g/mol. The van der Waals surface area contributed by atoms with Gasteiger partial charge in [-0.05, 0) is 24.6 Å². The maximum Gasteiger partial charge on any atom is 0.130 e. The molecule has 3 nitrogen and oxygen atoms in total. The van der Waals surface area contributed by atoms with Crippen molar-refractivity contribution < 1.29 is 13.9 Å². The SMILES string of the molecule is COc1cc(C)nc(COc2cc(F)cc(CBr)c2)c1. The van der Waals surface area contributed by atoms with Crippen molar-refractivity contribution >= 4 is 15.9 Å². The van der Waals surface area contributed by atoms with Crippen LogP contribution in [0.1, 0.15) is 17.0 Å². The Morgan fingerprint density at radius 2 is 1.95 bits per heavy atom. The van der Waals surface area contributed by atoms with Crippen LogP contribution in [0, 0.1) is 12.7 Å². The maximum absolute atomic E-state index is 13.4. The molecule has 0 unspecified atom stereocenters. The Morgan fingerprint density at radius 1 is 1.15 bits per heavy atom. The van der Waals surface area contributed by atoms with E-state index < -0.39 is 0 Å². The van der Waals surface area contributed by atoms with Crippen molar-refractivity contribution in [3.8, 4) is 11.5 Å². The first-order valence-electron chi connectivity index (χ1n) is 6.10. The Kier molecular flexibility index (Phi) is 4.95. The van der Waals surface area contributed by atoms with Crippen molar-refractivity contribution in [1.29, 1.82) is 0 Å². The van der Waals surface area contributed by atoms with Gasteiger partial charge in [-0.25, -0.2) is 4.39 Å². The molecule has 5 heteroatoms. The van der Waals surface area contributed by atoms with Crippen LogP contribution in [0.5, 0.6) is 11.5 Å². The number of aryl methyl sites for hydroxylation is 1. The Morgan fingerprint density at radius 3 is 2.65 bits per heavy atom. The van der Waals surface area contributed by atoms with Crippen LogP contribution in [0.4, 0.5) is 4.39 Å². The number of pyridine rings is 1. The van der Waals surface area contributed by atoms with Crippen LogP contribution in [-0.4, -0.2) is 12.1 Å². The van der Waals surface area contributed by atoms with Gasteiger partial charge in [0.25, 0.3) is 0 Å². The molecule has 0 aliphatic heterocycles. The predicted molar refractivity (Wildman–Crippen MR) is 78.9 cm³/mol. The molecule has 1 aromatic heterocycles. The van der Waals surface area contributed by atoms with Crippen molar-refractivity contribution in [3.05, 3.63) is 53.1 Å². The highest BCUT2D eigenvalue weighted by Gasteiger charge is 2.04. The van der Waals surface area contributed by atoms with Gasteiger partial charge in [-0.3, -0.25) is 4.98 Å². The van der Waals surface area contributed by atoms with Gasteiger partial charge in [0.1, 0.15) is 23.9 Å². The van der Waals surface area contributed by atoms with E-state index in [1.165, 1.54) is 12.1 Å². The van der Waals surface area contributed by atoms with E-state index in [0.717, 1.165) is 22.7 Å². The number of methoxy groups -OCH3 is 1. The Balaban J connectivity index is 2.12. The van der Waals surface area contributed by atoms with Crippen LogP contribution in [0.15, 0.2) is 30.3 Å². The lowest BCUT2D eigenvalue weighted by Crippen LogP contribution is -2.01. The molecule has 1 aromatic carbocycles. The largest absolute Gasteiger partial charge is 0.497 e. The highest BCUT2D eigenvalue weighted by molar-refractivity contribution is 9.08. The Hall–Kier alpha value is -1.62. The van der Waals surface area contributed by atoms with Crippen LogP contribution < -0.4 is 9.47 Å². The number of halogens is 2. The van der Waals surface area contributed by atoms with Gasteiger partial charge in [0.15, 0.2) is 0 Å². The van der Waals surface area contributed by atoms with Crippen LogP contribution in [0.3, 0.4) is 0 Å². The summed E-state index contributed by atoms with van der Waals surface area (Å²) in [5, 5.41) is 0.581. The average Bonchev–Trinajstić information content (AvgIpc) is 2.44. The number of benzene rings is 1. The molecule has 0 radical (unpaired) electrons. The van der Waals surface area contributed by atoms with Crippen molar-refractivity contribution in [3.63, 3.8) is 0 Å². The molecule has 0 fully saturated rings. The fourth-order valence-corrected chi connectivity index (χ4v) is 2.16. The second-order valence-electron chi connectivity index (χ2n) is 4.36. The summed E-state index contributed by atoms with van der Waals surface area (Å²) < 4.78 is 24.2. The molecule has 0 saturated heterocycles. The summed E-state index contributed by atoms with van der Waals surface area (Å²) >= 11 is 3.30. The molecule has 0 bridgehead atoms. The minimum absolute atomic E-state index is 0.267. The van der Waals surface area contributed by atoms with E-state index >= 15 is 0 Å². The fraction of sp³-hybridized carbons (Fsp3) is 0.267.